The molecule has 0 aliphatic rings. The summed E-state index contributed by atoms with van der Waals surface area (Å²) in [7, 11) is 2.00. The fourth-order valence-electron chi connectivity index (χ4n) is 2.21. The van der Waals surface area contributed by atoms with Crippen molar-refractivity contribution < 1.29 is 4.39 Å². The second-order valence-corrected chi connectivity index (χ2v) is 5.72. The maximum Gasteiger partial charge on any atom is 0.128 e. The number of aryl methyl sites for hydroxylation is 2. The normalized spacial score (nSPS) is 11.0. The molecule has 0 saturated carbocycles. The van der Waals surface area contributed by atoms with Gasteiger partial charge in [-0.1, -0.05) is 18.2 Å². The molecule has 0 aliphatic carbocycles. The standard InChI is InChI=1S/C19H24FN3/c1-5-23(4)13-22-19-11-14(2)18(10-15(19)3)21-12-16-8-6-7-9-17(16)20/h6-11,13,21H,5,12H2,1-4H3/b22-13+. The van der Waals surface area contributed by atoms with E-state index in [0.717, 1.165) is 29.0 Å². The van der Waals surface area contributed by atoms with E-state index >= 15 is 0 Å². The Bertz CT molecular complexity index is 695. The van der Waals surface area contributed by atoms with Gasteiger partial charge in [0.25, 0.3) is 0 Å². The Labute approximate surface area is 137 Å². The highest BCUT2D eigenvalue weighted by Crippen LogP contribution is 2.27. The number of nitrogens with zero attached hydrogens (tertiary/aromatic N) is 2. The number of hydrogen-bond acceptors (Lipinski definition) is 2. The maximum atomic E-state index is 13.7. The highest BCUT2D eigenvalue weighted by atomic mass is 19.1. The lowest BCUT2D eigenvalue weighted by Gasteiger charge is -2.14. The van der Waals surface area contributed by atoms with E-state index in [1.165, 1.54) is 6.07 Å². The van der Waals surface area contributed by atoms with Gasteiger partial charge >= 0.3 is 0 Å². The van der Waals surface area contributed by atoms with Crippen LogP contribution in [0.1, 0.15) is 23.6 Å². The van der Waals surface area contributed by atoms with Crippen molar-refractivity contribution in [3.05, 3.63) is 58.9 Å². The van der Waals surface area contributed by atoms with Gasteiger partial charge in [-0.25, -0.2) is 9.38 Å². The SMILES string of the molecule is CCN(C)/C=N/c1cc(C)c(NCc2ccccc2F)cc1C. The number of nitrogens with one attached hydrogen (secondary N) is 1. The molecule has 4 heteroatoms. The molecule has 0 saturated heterocycles. The predicted octanol–water partition coefficient (Wildman–Crippen LogP) is 4.67. The fraction of sp³-hybridized carbons (Fsp3) is 0.316. The number of hydrogen-bond donors (Lipinski definition) is 1. The van der Waals surface area contributed by atoms with Crippen LogP contribution in [0, 0.1) is 19.7 Å². The van der Waals surface area contributed by atoms with Crippen LogP contribution in [0.3, 0.4) is 0 Å². The highest BCUT2D eigenvalue weighted by molar-refractivity contribution is 5.67. The Morgan fingerprint density at radius 1 is 1.17 bits per heavy atom. The van der Waals surface area contributed by atoms with Crippen LogP contribution in [0.25, 0.3) is 0 Å². The molecule has 23 heavy (non-hydrogen) atoms. The van der Waals surface area contributed by atoms with Crippen LogP contribution in [0.5, 0.6) is 0 Å². The second kappa shape index (κ2) is 7.77. The number of halogens is 1. The number of anilines is 1. The van der Waals surface area contributed by atoms with E-state index in [0.29, 0.717) is 12.1 Å². The van der Waals surface area contributed by atoms with E-state index in [1.54, 1.807) is 12.1 Å². The third-order valence-corrected chi connectivity index (χ3v) is 3.86. The van der Waals surface area contributed by atoms with Crippen LogP contribution in [-0.4, -0.2) is 24.8 Å². The first-order valence-electron chi connectivity index (χ1n) is 7.84. The average molecular weight is 313 g/mol. The summed E-state index contributed by atoms with van der Waals surface area (Å²) in [4.78, 5) is 6.55. The van der Waals surface area contributed by atoms with Gasteiger partial charge in [0.2, 0.25) is 0 Å². The molecular formula is C19H24FN3. The molecule has 0 bridgehead atoms. The van der Waals surface area contributed by atoms with Gasteiger partial charge in [0.05, 0.1) is 12.0 Å². The van der Waals surface area contributed by atoms with Crippen LogP contribution in [0.15, 0.2) is 41.4 Å². The third-order valence-electron chi connectivity index (χ3n) is 3.86. The molecule has 0 aliphatic heterocycles. The van der Waals surface area contributed by atoms with Crippen molar-refractivity contribution in [1.82, 2.24) is 4.90 Å². The first-order chi connectivity index (χ1) is 11.0. The number of benzene rings is 2. The third kappa shape index (κ3) is 4.55. The minimum Gasteiger partial charge on any atom is -0.381 e. The highest BCUT2D eigenvalue weighted by Gasteiger charge is 2.05. The Morgan fingerprint density at radius 2 is 1.91 bits per heavy atom. The Kier molecular flexibility index (Phi) is 5.74. The Morgan fingerprint density at radius 3 is 2.61 bits per heavy atom. The van der Waals surface area contributed by atoms with Crippen molar-refractivity contribution in [2.24, 2.45) is 4.99 Å². The quantitative estimate of drug-likeness (QED) is 0.620. The summed E-state index contributed by atoms with van der Waals surface area (Å²) in [5.41, 5.74) is 4.81. The van der Waals surface area contributed by atoms with E-state index < -0.39 is 0 Å². The molecule has 2 aromatic rings. The summed E-state index contributed by atoms with van der Waals surface area (Å²) in [6.45, 7) is 7.54. The lowest BCUT2D eigenvalue weighted by atomic mass is 10.1. The molecule has 0 amide bonds. The van der Waals surface area contributed by atoms with E-state index in [9.17, 15) is 4.39 Å². The molecule has 0 radical (unpaired) electrons. The van der Waals surface area contributed by atoms with E-state index in [1.807, 2.05) is 38.2 Å². The lowest BCUT2D eigenvalue weighted by Crippen LogP contribution is -2.14. The molecule has 3 nitrogen and oxygen atoms in total. The van der Waals surface area contributed by atoms with E-state index in [-0.39, 0.29) is 5.82 Å². The van der Waals surface area contributed by atoms with Crippen molar-refractivity contribution in [2.45, 2.75) is 27.3 Å². The van der Waals surface area contributed by atoms with Gasteiger partial charge < -0.3 is 10.2 Å². The molecule has 0 fully saturated rings. The molecule has 0 spiro atoms. The van der Waals surface area contributed by atoms with Gasteiger partial charge in [0.1, 0.15) is 5.82 Å². The Balaban J connectivity index is 2.14. The van der Waals surface area contributed by atoms with Gasteiger partial charge in [-0.15, -0.1) is 0 Å². The first kappa shape index (κ1) is 17.0. The minimum absolute atomic E-state index is 0.182. The number of aliphatic imine (C=N–C) groups is 1. The van der Waals surface area contributed by atoms with Gasteiger partial charge in [-0.05, 0) is 50.1 Å². The monoisotopic (exact) mass is 313 g/mol. The largest absolute Gasteiger partial charge is 0.381 e. The average Bonchev–Trinajstić information content (AvgIpc) is 2.54. The summed E-state index contributed by atoms with van der Waals surface area (Å²) in [6, 6.07) is 10.9. The topological polar surface area (TPSA) is 27.6 Å². The molecule has 0 aromatic heterocycles. The first-order valence-corrected chi connectivity index (χ1v) is 7.84. The fourth-order valence-corrected chi connectivity index (χ4v) is 2.21. The van der Waals surface area contributed by atoms with Crippen LogP contribution < -0.4 is 5.32 Å². The molecule has 0 atom stereocenters. The summed E-state index contributed by atoms with van der Waals surface area (Å²) in [5.74, 6) is -0.182. The van der Waals surface area contributed by atoms with Crippen LogP contribution in [-0.2, 0) is 6.54 Å². The zero-order valence-electron chi connectivity index (χ0n) is 14.2. The van der Waals surface area contributed by atoms with Crippen molar-refractivity contribution in [2.75, 3.05) is 18.9 Å². The second-order valence-electron chi connectivity index (χ2n) is 5.72. The lowest BCUT2D eigenvalue weighted by molar-refractivity contribution is 0.552. The molecule has 0 heterocycles. The predicted molar refractivity (Wildman–Crippen MR) is 96.1 cm³/mol. The van der Waals surface area contributed by atoms with E-state index in [4.69, 9.17) is 0 Å². The molecule has 2 aromatic carbocycles. The molecule has 2 rings (SSSR count). The zero-order valence-corrected chi connectivity index (χ0v) is 14.2. The van der Waals surface area contributed by atoms with Crippen LogP contribution in [0.4, 0.5) is 15.8 Å². The van der Waals surface area contributed by atoms with Crippen molar-refractivity contribution in [1.29, 1.82) is 0 Å². The summed E-state index contributed by atoms with van der Waals surface area (Å²) >= 11 is 0. The van der Waals surface area contributed by atoms with Gasteiger partial charge in [0, 0.05) is 31.4 Å². The molecular weight excluding hydrogens is 289 g/mol. The van der Waals surface area contributed by atoms with Crippen molar-refractivity contribution >= 4 is 17.7 Å². The molecule has 0 unspecified atom stereocenters. The maximum absolute atomic E-state index is 13.7. The number of rotatable bonds is 6. The van der Waals surface area contributed by atoms with E-state index in [2.05, 4.69) is 29.4 Å². The zero-order chi connectivity index (χ0) is 16.8. The summed E-state index contributed by atoms with van der Waals surface area (Å²) in [5, 5.41) is 3.31. The smallest absolute Gasteiger partial charge is 0.128 e. The molecule has 1 N–H and O–H groups in total. The summed E-state index contributed by atoms with van der Waals surface area (Å²) in [6.07, 6.45) is 1.84. The molecule has 122 valence electrons. The van der Waals surface area contributed by atoms with Gasteiger partial charge in [-0.3, -0.25) is 0 Å². The van der Waals surface area contributed by atoms with Gasteiger partial charge in [-0.2, -0.15) is 0 Å². The van der Waals surface area contributed by atoms with Crippen molar-refractivity contribution in [3.8, 4) is 0 Å². The summed E-state index contributed by atoms with van der Waals surface area (Å²) < 4.78 is 13.7. The Hall–Kier alpha value is -2.36. The minimum atomic E-state index is -0.182. The van der Waals surface area contributed by atoms with Gasteiger partial charge in [0.15, 0.2) is 0 Å². The van der Waals surface area contributed by atoms with Crippen molar-refractivity contribution in [3.63, 3.8) is 0 Å². The van der Waals surface area contributed by atoms with Crippen LogP contribution in [0.2, 0.25) is 0 Å². The van der Waals surface area contributed by atoms with Crippen LogP contribution >= 0.6 is 0 Å².